The zero-order valence-electron chi connectivity index (χ0n) is 15.7. The van der Waals surface area contributed by atoms with Crippen LogP contribution in [0.2, 0.25) is 0 Å². The molecule has 0 spiro atoms. The van der Waals surface area contributed by atoms with Gasteiger partial charge in [0, 0.05) is 0 Å². The van der Waals surface area contributed by atoms with Gasteiger partial charge in [-0.2, -0.15) is 0 Å². The Hall–Kier alpha value is -3.40. The van der Waals surface area contributed by atoms with Crippen molar-refractivity contribution in [3.63, 3.8) is 0 Å². The van der Waals surface area contributed by atoms with Gasteiger partial charge < -0.3 is 9.47 Å². The maximum absolute atomic E-state index is 13.5. The Balaban J connectivity index is 2.13. The maximum atomic E-state index is 13.5. The van der Waals surface area contributed by atoms with Gasteiger partial charge in [0.1, 0.15) is 11.3 Å². The molecule has 1 aliphatic rings. The molecule has 140 valence electrons. The van der Waals surface area contributed by atoms with E-state index in [9.17, 15) is 9.59 Å². The monoisotopic (exact) mass is 372 g/mol. The Bertz CT molecular complexity index is 994. The van der Waals surface area contributed by atoms with E-state index in [2.05, 4.69) is 0 Å². The van der Waals surface area contributed by atoms with Crippen molar-refractivity contribution in [3.05, 3.63) is 95.6 Å². The second-order valence-corrected chi connectivity index (χ2v) is 6.76. The fourth-order valence-corrected chi connectivity index (χ4v) is 4.40. The fraction of sp³-hybridized carbons (Fsp3) is 0.167. The molecule has 0 aliphatic heterocycles. The van der Waals surface area contributed by atoms with Crippen molar-refractivity contribution < 1.29 is 19.1 Å². The molecule has 0 fully saturated rings. The van der Waals surface area contributed by atoms with Gasteiger partial charge in [-0.1, -0.05) is 78.9 Å². The second-order valence-electron chi connectivity index (χ2n) is 6.76. The maximum Gasteiger partial charge on any atom is 0.322 e. The third-order valence-electron chi connectivity index (χ3n) is 5.50. The van der Waals surface area contributed by atoms with E-state index in [0.717, 1.165) is 22.3 Å². The van der Waals surface area contributed by atoms with E-state index >= 15 is 0 Å². The fourth-order valence-electron chi connectivity index (χ4n) is 4.40. The summed E-state index contributed by atoms with van der Waals surface area (Å²) in [7, 11) is 2.70. The summed E-state index contributed by atoms with van der Waals surface area (Å²) >= 11 is 0. The molecule has 0 saturated carbocycles. The normalized spacial score (nSPS) is 14.5. The minimum Gasteiger partial charge on any atom is -0.469 e. The lowest BCUT2D eigenvalue weighted by atomic mass is 9.65. The smallest absolute Gasteiger partial charge is 0.322 e. The first-order chi connectivity index (χ1) is 13.7. The first kappa shape index (κ1) is 18.0. The summed E-state index contributed by atoms with van der Waals surface area (Å²) in [5, 5.41) is 0. The predicted molar refractivity (Wildman–Crippen MR) is 106 cm³/mol. The Morgan fingerprint density at radius 3 is 1.71 bits per heavy atom. The predicted octanol–water partition coefficient (Wildman–Crippen LogP) is 4.08. The van der Waals surface area contributed by atoms with E-state index < -0.39 is 23.3 Å². The molecule has 0 amide bonds. The van der Waals surface area contributed by atoms with Crippen molar-refractivity contribution in [2.45, 2.75) is 11.3 Å². The van der Waals surface area contributed by atoms with Crippen molar-refractivity contribution in [2.75, 3.05) is 14.2 Å². The minimum absolute atomic E-state index is 0.482. The van der Waals surface area contributed by atoms with Crippen LogP contribution in [-0.2, 0) is 24.5 Å². The van der Waals surface area contributed by atoms with Crippen molar-refractivity contribution in [1.29, 1.82) is 0 Å². The van der Waals surface area contributed by atoms with E-state index in [4.69, 9.17) is 9.47 Å². The Kier molecular flexibility index (Phi) is 4.47. The van der Waals surface area contributed by atoms with Gasteiger partial charge in [-0.15, -0.1) is 0 Å². The molecule has 4 rings (SSSR count). The lowest BCUT2D eigenvalue weighted by Gasteiger charge is -2.35. The molecule has 1 unspecified atom stereocenters. The van der Waals surface area contributed by atoms with Crippen LogP contribution >= 0.6 is 0 Å². The molecule has 0 aromatic heterocycles. The first-order valence-corrected chi connectivity index (χ1v) is 9.06. The van der Waals surface area contributed by atoms with Crippen molar-refractivity contribution in [3.8, 4) is 11.1 Å². The van der Waals surface area contributed by atoms with Crippen LogP contribution < -0.4 is 0 Å². The van der Waals surface area contributed by atoms with Crippen molar-refractivity contribution in [1.82, 2.24) is 0 Å². The molecule has 1 atom stereocenters. The zero-order valence-corrected chi connectivity index (χ0v) is 15.7. The van der Waals surface area contributed by atoms with Gasteiger partial charge in [-0.3, -0.25) is 9.59 Å². The second kappa shape index (κ2) is 6.97. The molecular formula is C24H20O4. The molecule has 0 heterocycles. The number of carbonyl (C=O) groups is 2. The van der Waals surface area contributed by atoms with Crippen LogP contribution in [0.1, 0.15) is 22.6 Å². The molecular weight excluding hydrogens is 352 g/mol. The molecule has 28 heavy (non-hydrogen) atoms. The van der Waals surface area contributed by atoms with E-state index in [1.807, 2.05) is 78.9 Å². The third kappa shape index (κ3) is 2.38. The molecule has 4 heteroatoms. The Morgan fingerprint density at radius 1 is 0.714 bits per heavy atom. The summed E-state index contributed by atoms with van der Waals surface area (Å²) in [5.74, 6) is -1.84. The first-order valence-electron chi connectivity index (χ1n) is 9.06. The highest BCUT2D eigenvalue weighted by Crippen LogP contribution is 2.56. The van der Waals surface area contributed by atoms with Crippen LogP contribution in [0, 0.1) is 0 Å². The summed E-state index contributed by atoms with van der Waals surface area (Å²) < 4.78 is 10.5. The number of fused-ring (bicyclic) bond motifs is 3. The highest BCUT2D eigenvalue weighted by Gasteiger charge is 2.58. The minimum atomic E-state index is -1.32. The van der Waals surface area contributed by atoms with Gasteiger partial charge in [0.05, 0.1) is 14.2 Å². The lowest BCUT2D eigenvalue weighted by Crippen LogP contribution is -2.46. The largest absolute Gasteiger partial charge is 0.469 e. The SMILES string of the molecule is COC(=O)C(c1ccccc1)C1(C(=O)OC)c2ccccc2-c2ccccc21. The summed E-state index contributed by atoms with van der Waals surface area (Å²) in [4.78, 5) is 26.6. The van der Waals surface area contributed by atoms with Crippen LogP contribution in [0.25, 0.3) is 11.1 Å². The number of carbonyl (C=O) groups excluding carboxylic acids is 2. The van der Waals surface area contributed by atoms with Crippen LogP contribution in [0.15, 0.2) is 78.9 Å². The summed E-state index contributed by atoms with van der Waals surface area (Å²) in [5.41, 5.74) is 2.73. The van der Waals surface area contributed by atoms with Gasteiger partial charge in [0.2, 0.25) is 0 Å². The number of rotatable bonds is 4. The standard InChI is InChI=1S/C24H20O4/c1-27-22(25)21(16-10-4-3-5-11-16)24(23(26)28-2)19-14-8-6-12-17(19)18-13-7-9-15-20(18)24/h3-15,21H,1-2H3. The lowest BCUT2D eigenvalue weighted by molar-refractivity contribution is -0.154. The van der Waals surface area contributed by atoms with Gasteiger partial charge in [0.25, 0.3) is 0 Å². The van der Waals surface area contributed by atoms with E-state index in [0.29, 0.717) is 5.56 Å². The molecule has 0 radical (unpaired) electrons. The summed E-state index contributed by atoms with van der Waals surface area (Å²) in [6, 6.07) is 24.6. The number of ether oxygens (including phenoxy) is 2. The van der Waals surface area contributed by atoms with E-state index in [1.165, 1.54) is 14.2 Å². The Labute approximate surface area is 163 Å². The zero-order chi connectivity index (χ0) is 19.7. The van der Waals surface area contributed by atoms with Gasteiger partial charge in [-0.25, -0.2) is 0 Å². The van der Waals surface area contributed by atoms with Crippen LogP contribution in [0.5, 0.6) is 0 Å². The average Bonchev–Trinajstić information content (AvgIpc) is 3.05. The highest BCUT2D eigenvalue weighted by atomic mass is 16.5. The molecule has 3 aromatic carbocycles. The molecule has 4 nitrogen and oxygen atoms in total. The topological polar surface area (TPSA) is 52.6 Å². The molecule has 0 saturated heterocycles. The third-order valence-corrected chi connectivity index (χ3v) is 5.50. The molecule has 0 N–H and O–H groups in total. The van der Waals surface area contributed by atoms with Gasteiger partial charge >= 0.3 is 11.9 Å². The number of esters is 2. The highest BCUT2D eigenvalue weighted by molar-refractivity contribution is 6.03. The molecule has 3 aromatic rings. The Morgan fingerprint density at radius 2 is 1.21 bits per heavy atom. The van der Waals surface area contributed by atoms with Crippen molar-refractivity contribution in [2.24, 2.45) is 0 Å². The van der Waals surface area contributed by atoms with Gasteiger partial charge in [-0.05, 0) is 27.8 Å². The molecule has 1 aliphatic carbocycles. The van der Waals surface area contributed by atoms with Crippen LogP contribution in [-0.4, -0.2) is 26.2 Å². The van der Waals surface area contributed by atoms with Gasteiger partial charge in [0.15, 0.2) is 0 Å². The number of hydrogen-bond donors (Lipinski definition) is 0. The molecule has 0 bridgehead atoms. The van der Waals surface area contributed by atoms with E-state index in [-0.39, 0.29) is 0 Å². The summed E-state index contributed by atoms with van der Waals surface area (Å²) in [6.45, 7) is 0. The quantitative estimate of drug-likeness (QED) is 0.648. The number of methoxy groups -OCH3 is 2. The number of hydrogen-bond acceptors (Lipinski definition) is 4. The average molecular weight is 372 g/mol. The van der Waals surface area contributed by atoms with E-state index in [1.54, 1.807) is 0 Å². The van der Waals surface area contributed by atoms with Crippen LogP contribution in [0.4, 0.5) is 0 Å². The summed E-state index contributed by atoms with van der Waals surface area (Å²) in [6.07, 6.45) is 0. The number of benzene rings is 3. The van der Waals surface area contributed by atoms with Crippen LogP contribution in [0.3, 0.4) is 0 Å². The van der Waals surface area contributed by atoms with Crippen molar-refractivity contribution >= 4 is 11.9 Å².